The summed E-state index contributed by atoms with van der Waals surface area (Å²) in [5, 5.41) is 12.5. The Kier molecular flexibility index (Phi) is 4.77. The standard InChI is InChI=1S/C13H28N2O/c1-11(5-4-8-16)15-13(10-14)7-6-12(2,3)9-13/h11,15-16H,4-10,14H2,1-3H3. The fraction of sp³-hybridized carbons (Fsp3) is 1.00. The van der Waals surface area contributed by atoms with Gasteiger partial charge in [0.05, 0.1) is 0 Å². The summed E-state index contributed by atoms with van der Waals surface area (Å²) in [6.45, 7) is 7.85. The fourth-order valence-electron chi connectivity index (χ4n) is 3.02. The highest BCUT2D eigenvalue weighted by molar-refractivity contribution is 5.01. The molecule has 96 valence electrons. The third-order valence-electron chi connectivity index (χ3n) is 3.84. The number of nitrogens with one attached hydrogen (secondary N) is 1. The molecule has 4 N–H and O–H groups in total. The van der Waals surface area contributed by atoms with Crippen molar-refractivity contribution in [3.63, 3.8) is 0 Å². The quantitative estimate of drug-likeness (QED) is 0.648. The second-order valence-electron chi connectivity index (χ2n) is 6.24. The van der Waals surface area contributed by atoms with Crippen LogP contribution in [0.3, 0.4) is 0 Å². The average Bonchev–Trinajstić information content (AvgIpc) is 2.52. The molecule has 2 unspecified atom stereocenters. The Morgan fingerprint density at radius 1 is 1.38 bits per heavy atom. The molecule has 0 radical (unpaired) electrons. The first-order valence-corrected chi connectivity index (χ1v) is 6.52. The maximum Gasteiger partial charge on any atom is 0.0431 e. The maximum absolute atomic E-state index is 8.83. The Balaban J connectivity index is 2.48. The molecule has 1 aliphatic carbocycles. The summed E-state index contributed by atoms with van der Waals surface area (Å²) in [6, 6.07) is 0.449. The number of hydrogen-bond donors (Lipinski definition) is 3. The molecule has 1 aliphatic rings. The molecule has 0 amide bonds. The molecule has 1 rings (SSSR count). The van der Waals surface area contributed by atoms with E-state index in [2.05, 4.69) is 26.1 Å². The number of rotatable bonds is 6. The van der Waals surface area contributed by atoms with Crippen molar-refractivity contribution < 1.29 is 5.11 Å². The van der Waals surface area contributed by atoms with Gasteiger partial charge in [0.25, 0.3) is 0 Å². The van der Waals surface area contributed by atoms with E-state index in [0.717, 1.165) is 19.4 Å². The highest BCUT2D eigenvalue weighted by Gasteiger charge is 2.42. The van der Waals surface area contributed by atoms with Gasteiger partial charge in [-0.1, -0.05) is 13.8 Å². The van der Waals surface area contributed by atoms with Crippen LogP contribution in [0.5, 0.6) is 0 Å². The van der Waals surface area contributed by atoms with Crippen molar-refractivity contribution >= 4 is 0 Å². The van der Waals surface area contributed by atoms with Gasteiger partial charge in [0.2, 0.25) is 0 Å². The van der Waals surface area contributed by atoms with Gasteiger partial charge < -0.3 is 16.2 Å². The molecular weight excluding hydrogens is 200 g/mol. The molecule has 3 nitrogen and oxygen atoms in total. The third-order valence-corrected chi connectivity index (χ3v) is 3.84. The zero-order valence-electron chi connectivity index (χ0n) is 11.1. The molecule has 0 saturated heterocycles. The molecule has 0 aliphatic heterocycles. The Morgan fingerprint density at radius 2 is 2.06 bits per heavy atom. The molecule has 0 aromatic heterocycles. The summed E-state index contributed by atoms with van der Waals surface area (Å²) >= 11 is 0. The lowest BCUT2D eigenvalue weighted by atomic mass is 9.87. The zero-order valence-corrected chi connectivity index (χ0v) is 11.1. The van der Waals surface area contributed by atoms with Crippen LogP contribution < -0.4 is 11.1 Å². The van der Waals surface area contributed by atoms with E-state index in [4.69, 9.17) is 10.8 Å². The Morgan fingerprint density at radius 3 is 2.50 bits per heavy atom. The van der Waals surface area contributed by atoms with Crippen LogP contribution in [-0.2, 0) is 0 Å². The van der Waals surface area contributed by atoms with E-state index in [1.165, 1.54) is 19.3 Å². The van der Waals surface area contributed by atoms with Crippen molar-refractivity contribution in [3.05, 3.63) is 0 Å². The van der Waals surface area contributed by atoms with E-state index >= 15 is 0 Å². The van der Waals surface area contributed by atoms with Crippen LogP contribution in [0, 0.1) is 5.41 Å². The summed E-state index contributed by atoms with van der Waals surface area (Å²) in [4.78, 5) is 0. The van der Waals surface area contributed by atoms with Gasteiger partial charge in [-0.3, -0.25) is 0 Å². The summed E-state index contributed by atoms with van der Waals surface area (Å²) in [7, 11) is 0. The first-order chi connectivity index (χ1) is 7.43. The topological polar surface area (TPSA) is 58.3 Å². The van der Waals surface area contributed by atoms with E-state index in [1.807, 2.05) is 0 Å². The Labute approximate surface area is 99.8 Å². The average molecular weight is 228 g/mol. The van der Waals surface area contributed by atoms with Gasteiger partial charge >= 0.3 is 0 Å². The van der Waals surface area contributed by atoms with Crippen molar-refractivity contribution in [2.45, 2.75) is 64.5 Å². The molecule has 0 bridgehead atoms. The molecule has 0 spiro atoms. The van der Waals surface area contributed by atoms with Gasteiger partial charge in [0.15, 0.2) is 0 Å². The second-order valence-corrected chi connectivity index (χ2v) is 6.24. The number of aliphatic hydroxyl groups excluding tert-OH is 1. The minimum Gasteiger partial charge on any atom is -0.396 e. The van der Waals surface area contributed by atoms with E-state index in [-0.39, 0.29) is 12.1 Å². The van der Waals surface area contributed by atoms with Crippen molar-refractivity contribution in [1.82, 2.24) is 5.32 Å². The monoisotopic (exact) mass is 228 g/mol. The van der Waals surface area contributed by atoms with E-state index < -0.39 is 0 Å². The molecular formula is C13H28N2O. The first kappa shape index (κ1) is 13.9. The Hall–Kier alpha value is -0.120. The fourth-order valence-corrected chi connectivity index (χ4v) is 3.02. The van der Waals surface area contributed by atoms with Crippen LogP contribution in [0.4, 0.5) is 0 Å². The van der Waals surface area contributed by atoms with Crippen LogP contribution in [0.15, 0.2) is 0 Å². The summed E-state index contributed by atoms with van der Waals surface area (Å²) < 4.78 is 0. The number of hydrogen-bond acceptors (Lipinski definition) is 3. The SMILES string of the molecule is CC(CCCO)NC1(CN)CCC(C)(C)C1. The van der Waals surface area contributed by atoms with E-state index in [1.54, 1.807) is 0 Å². The molecule has 2 atom stereocenters. The summed E-state index contributed by atoms with van der Waals surface area (Å²) in [5.74, 6) is 0. The van der Waals surface area contributed by atoms with Crippen molar-refractivity contribution in [1.29, 1.82) is 0 Å². The highest BCUT2D eigenvalue weighted by Crippen LogP contribution is 2.43. The minimum absolute atomic E-state index is 0.137. The first-order valence-electron chi connectivity index (χ1n) is 6.52. The second kappa shape index (κ2) is 5.48. The maximum atomic E-state index is 8.83. The predicted octanol–water partition coefficient (Wildman–Crippen LogP) is 1.64. The van der Waals surface area contributed by atoms with Crippen LogP contribution in [0.25, 0.3) is 0 Å². The van der Waals surface area contributed by atoms with E-state index in [0.29, 0.717) is 11.5 Å². The zero-order chi connectivity index (χ0) is 12.2. The normalized spacial score (nSPS) is 30.6. The molecule has 0 heterocycles. The van der Waals surface area contributed by atoms with Crippen molar-refractivity contribution in [2.75, 3.05) is 13.2 Å². The van der Waals surface area contributed by atoms with Crippen molar-refractivity contribution in [3.8, 4) is 0 Å². The number of aliphatic hydroxyl groups is 1. The van der Waals surface area contributed by atoms with Crippen LogP contribution >= 0.6 is 0 Å². The summed E-state index contributed by atoms with van der Waals surface area (Å²) in [6.07, 6.45) is 5.50. The van der Waals surface area contributed by atoms with Gasteiger partial charge in [0, 0.05) is 24.7 Å². The lowest BCUT2D eigenvalue weighted by Crippen LogP contribution is -2.53. The van der Waals surface area contributed by atoms with Gasteiger partial charge in [-0.05, 0) is 44.4 Å². The molecule has 1 saturated carbocycles. The predicted molar refractivity (Wildman–Crippen MR) is 68.3 cm³/mol. The molecule has 0 aromatic carbocycles. The van der Waals surface area contributed by atoms with Gasteiger partial charge in [0.1, 0.15) is 0 Å². The molecule has 3 heteroatoms. The largest absolute Gasteiger partial charge is 0.396 e. The lowest BCUT2D eigenvalue weighted by molar-refractivity contribution is 0.242. The number of nitrogens with two attached hydrogens (primary N) is 1. The van der Waals surface area contributed by atoms with Gasteiger partial charge in [-0.2, -0.15) is 0 Å². The van der Waals surface area contributed by atoms with Crippen LogP contribution in [0.2, 0.25) is 0 Å². The minimum atomic E-state index is 0.137. The lowest BCUT2D eigenvalue weighted by Gasteiger charge is -2.34. The van der Waals surface area contributed by atoms with Crippen LogP contribution in [0.1, 0.15) is 52.9 Å². The Bertz CT molecular complexity index is 218. The van der Waals surface area contributed by atoms with Crippen LogP contribution in [-0.4, -0.2) is 29.8 Å². The smallest absolute Gasteiger partial charge is 0.0431 e. The molecule has 16 heavy (non-hydrogen) atoms. The van der Waals surface area contributed by atoms with Crippen molar-refractivity contribution in [2.24, 2.45) is 11.1 Å². The molecule has 0 aromatic rings. The molecule has 1 fully saturated rings. The summed E-state index contributed by atoms with van der Waals surface area (Å²) in [5.41, 5.74) is 6.51. The highest BCUT2D eigenvalue weighted by atomic mass is 16.2. The van der Waals surface area contributed by atoms with E-state index in [9.17, 15) is 0 Å². The van der Waals surface area contributed by atoms with Gasteiger partial charge in [-0.25, -0.2) is 0 Å². The van der Waals surface area contributed by atoms with Gasteiger partial charge in [-0.15, -0.1) is 0 Å². The third kappa shape index (κ3) is 3.72.